The number of para-hydroxylation sites is 1. The second-order valence-electron chi connectivity index (χ2n) is 6.05. The number of hydrogen-bond acceptors (Lipinski definition) is 5. The van der Waals surface area contributed by atoms with Crippen molar-refractivity contribution in [1.29, 1.82) is 0 Å². The smallest absolute Gasteiger partial charge is 0.422 e. The number of benzene rings is 1. The van der Waals surface area contributed by atoms with Crippen molar-refractivity contribution in [3.8, 4) is 0 Å². The van der Waals surface area contributed by atoms with Crippen LogP contribution in [0.4, 0.5) is 14.9 Å². The van der Waals surface area contributed by atoms with Gasteiger partial charge in [0.25, 0.3) is 5.91 Å². The average molecular weight is 323 g/mol. The van der Waals surface area contributed by atoms with Crippen LogP contribution >= 0.6 is 0 Å². The molecule has 2 N–H and O–H groups in total. The van der Waals surface area contributed by atoms with Crippen molar-refractivity contribution in [1.82, 2.24) is 10.9 Å². The number of hydrazine groups is 1. The molecule has 0 bridgehead atoms. The van der Waals surface area contributed by atoms with Gasteiger partial charge in [0.15, 0.2) is 0 Å². The van der Waals surface area contributed by atoms with E-state index in [1.54, 1.807) is 20.8 Å². The fraction of sp³-hybridized carbons (Fsp3) is 0.400. The van der Waals surface area contributed by atoms with Gasteiger partial charge in [0.2, 0.25) is 5.91 Å². The van der Waals surface area contributed by atoms with E-state index >= 15 is 0 Å². The van der Waals surface area contributed by atoms with Gasteiger partial charge in [-0.15, -0.1) is 0 Å². The molecule has 2 rings (SSSR count). The minimum atomic E-state index is -0.977. The summed E-state index contributed by atoms with van der Waals surface area (Å²) < 4.78 is 18.8. The summed E-state index contributed by atoms with van der Waals surface area (Å²) >= 11 is 0. The van der Waals surface area contributed by atoms with Crippen molar-refractivity contribution in [3.63, 3.8) is 0 Å². The molecule has 0 saturated carbocycles. The molecule has 0 aromatic heterocycles. The number of anilines is 1. The Kier molecular flexibility index (Phi) is 4.65. The number of hydrogen-bond donors (Lipinski definition) is 2. The monoisotopic (exact) mass is 323 g/mol. The lowest BCUT2D eigenvalue weighted by Gasteiger charge is -2.21. The number of carbonyl (C=O) groups excluding carboxylic acids is 3. The Labute approximate surface area is 132 Å². The summed E-state index contributed by atoms with van der Waals surface area (Å²) in [7, 11) is 0. The molecule has 0 spiro atoms. The molecule has 1 aromatic rings. The van der Waals surface area contributed by atoms with Gasteiger partial charge >= 0.3 is 6.09 Å². The van der Waals surface area contributed by atoms with Crippen molar-refractivity contribution < 1.29 is 23.5 Å². The van der Waals surface area contributed by atoms with Gasteiger partial charge < -0.3 is 4.74 Å². The van der Waals surface area contributed by atoms with Crippen LogP contribution < -0.4 is 15.8 Å². The van der Waals surface area contributed by atoms with E-state index in [-0.39, 0.29) is 12.1 Å². The van der Waals surface area contributed by atoms with E-state index < -0.39 is 35.4 Å². The third-order valence-electron chi connectivity index (χ3n) is 2.99. The Hall–Kier alpha value is -2.48. The molecule has 3 amide bonds. The Morgan fingerprint density at radius 2 is 1.96 bits per heavy atom. The van der Waals surface area contributed by atoms with Crippen molar-refractivity contribution in [3.05, 3.63) is 30.1 Å². The minimum Gasteiger partial charge on any atom is -0.443 e. The van der Waals surface area contributed by atoms with E-state index in [1.807, 2.05) is 0 Å². The summed E-state index contributed by atoms with van der Waals surface area (Å²) in [6.07, 6.45) is -0.967. The number of amides is 3. The molecule has 0 aliphatic carbocycles. The van der Waals surface area contributed by atoms with Crippen molar-refractivity contribution in [2.24, 2.45) is 0 Å². The van der Waals surface area contributed by atoms with Crippen LogP contribution in [0, 0.1) is 5.82 Å². The second-order valence-corrected chi connectivity index (χ2v) is 6.05. The number of nitrogens with one attached hydrogen (secondary N) is 2. The van der Waals surface area contributed by atoms with Crippen LogP contribution in [0.5, 0.6) is 0 Å². The van der Waals surface area contributed by atoms with E-state index in [4.69, 9.17) is 4.74 Å². The molecule has 0 radical (unpaired) electrons. The number of imide groups is 1. The highest BCUT2D eigenvalue weighted by molar-refractivity contribution is 6.22. The normalized spacial score (nSPS) is 18.3. The molecule has 1 aromatic carbocycles. The topological polar surface area (TPSA) is 87.7 Å². The fourth-order valence-electron chi connectivity index (χ4n) is 2.08. The van der Waals surface area contributed by atoms with Crippen molar-refractivity contribution in [2.45, 2.75) is 38.8 Å². The summed E-state index contributed by atoms with van der Waals surface area (Å²) in [4.78, 5) is 36.5. The molecule has 0 unspecified atom stereocenters. The highest BCUT2D eigenvalue weighted by Crippen LogP contribution is 2.25. The Morgan fingerprint density at radius 3 is 2.57 bits per heavy atom. The summed E-state index contributed by atoms with van der Waals surface area (Å²) in [6.45, 7) is 5.07. The number of ether oxygens (including phenoxy) is 1. The summed E-state index contributed by atoms with van der Waals surface area (Å²) in [6, 6.07) is 4.52. The molecule has 1 aliphatic heterocycles. The van der Waals surface area contributed by atoms with Gasteiger partial charge in [-0.3, -0.25) is 15.0 Å². The minimum absolute atomic E-state index is 0.107. The van der Waals surface area contributed by atoms with Gasteiger partial charge in [0.05, 0.1) is 12.1 Å². The number of rotatable bonds is 3. The predicted molar refractivity (Wildman–Crippen MR) is 79.8 cm³/mol. The standard InChI is InChI=1S/C15H18FN3O4/c1-15(2,3)23-14(22)18-17-10-8-12(20)19(13(10)21)11-7-5-4-6-9(11)16/h4-7,10,17H,8H2,1-3H3,(H,18,22)/t10-/m0/s1. The lowest BCUT2D eigenvalue weighted by Crippen LogP contribution is -2.49. The van der Waals surface area contributed by atoms with Crippen LogP contribution in [-0.2, 0) is 14.3 Å². The Bertz CT molecular complexity index is 642. The summed E-state index contributed by atoms with van der Waals surface area (Å²) in [5.74, 6) is -1.87. The van der Waals surface area contributed by atoms with Crippen molar-refractivity contribution in [2.75, 3.05) is 4.90 Å². The fourth-order valence-corrected chi connectivity index (χ4v) is 2.08. The van der Waals surface area contributed by atoms with Crippen LogP contribution in [0.1, 0.15) is 27.2 Å². The number of halogens is 1. The first-order valence-electron chi connectivity index (χ1n) is 7.05. The SMILES string of the molecule is CC(C)(C)OC(=O)NN[C@H]1CC(=O)N(c2ccccc2F)C1=O. The van der Waals surface area contributed by atoms with Crippen LogP contribution in [0.3, 0.4) is 0 Å². The zero-order chi connectivity index (χ0) is 17.2. The highest BCUT2D eigenvalue weighted by Gasteiger charge is 2.40. The lowest BCUT2D eigenvalue weighted by molar-refractivity contribution is -0.121. The van der Waals surface area contributed by atoms with Gasteiger partial charge in [-0.05, 0) is 32.9 Å². The maximum atomic E-state index is 13.8. The van der Waals surface area contributed by atoms with Gasteiger partial charge in [-0.2, -0.15) is 0 Å². The first kappa shape index (κ1) is 16.9. The molecule has 8 heteroatoms. The van der Waals surface area contributed by atoms with Crippen LogP contribution in [0.15, 0.2) is 24.3 Å². The van der Waals surface area contributed by atoms with Gasteiger partial charge in [-0.1, -0.05) is 12.1 Å². The van der Waals surface area contributed by atoms with Crippen LogP contribution in [0.2, 0.25) is 0 Å². The largest absolute Gasteiger partial charge is 0.443 e. The van der Waals surface area contributed by atoms with Gasteiger partial charge in [-0.25, -0.2) is 19.5 Å². The molecule has 1 atom stereocenters. The van der Waals surface area contributed by atoms with E-state index in [1.165, 1.54) is 18.2 Å². The molecule has 1 saturated heterocycles. The van der Waals surface area contributed by atoms with Crippen molar-refractivity contribution >= 4 is 23.6 Å². The second kappa shape index (κ2) is 6.33. The van der Waals surface area contributed by atoms with Gasteiger partial charge in [0.1, 0.15) is 17.5 Å². The molecular weight excluding hydrogens is 305 g/mol. The maximum Gasteiger partial charge on any atom is 0.422 e. The first-order valence-corrected chi connectivity index (χ1v) is 7.05. The molecule has 7 nitrogen and oxygen atoms in total. The third-order valence-corrected chi connectivity index (χ3v) is 2.99. The predicted octanol–water partition coefficient (Wildman–Crippen LogP) is 1.49. The van der Waals surface area contributed by atoms with E-state index in [0.29, 0.717) is 0 Å². The quantitative estimate of drug-likeness (QED) is 0.650. The molecule has 1 aliphatic rings. The van der Waals surface area contributed by atoms with Crippen LogP contribution in [-0.4, -0.2) is 29.6 Å². The first-order chi connectivity index (χ1) is 10.7. The highest BCUT2D eigenvalue weighted by atomic mass is 19.1. The Balaban J connectivity index is 2.02. The Morgan fingerprint density at radius 1 is 1.30 bits per heavy atom. The molecular formula is C15H18FN3O4. The molecule has 124 valence electrons. The molecule has 1 heterocycles. The summed E-state index contributed by atoms with van der Waals surface area (Å²) in [5, 5.41) is 0. The number of carbonyl (C=O) groups is 3. The van der Waals surface area contributed by atoms with Gasteiger partial charge in [0, 0.05) is 0 Å². The maximum absolute atomic E-state index is 13.8. The van der Waals surface area contributed by atoms with Crippen LogP contribution in [0.25, 0.3) is 0 Å². The lowest BCUT2D eigenvalue weighted by atomic mass is 10.2. The van der Waals surface area contributed by atoms with E-state index in [9.17, 15) is 18.8 Å². The molecule has 23 heavy (non-hydrogen) atoms. The van der Waals surface area contributed by atoms with E-state index in [0.717, 1.165) is 11.0 Å². The average Bonchev–Trinajstić information content (AvgIpc) is 2.70. The zero-order valence-electron chi connectivity index (χ0n) is 13.1. The number of nitrogens with zero attached hydrogens (tertiary/aromatic N) is 1. The molecule has 1 fully saturated rings. The third kappa shape index (κ3) is 4.04. The van der Waals surface area contributed by atoms with E-state index in [2.05, 4.69) is 10.9 Å². The zero-order valence-corrected chi connectivity index (χ0v) is 13.1. The summed E-state index contributed by atoms with van der Waals surface area (Å²) in [5.41, 5.74) is 3.86.